The van der Waals surface area contributed by atoms with Crippen molar-refractivity contribution in [2.75, 3.05) is 6.54 Å². The van der Waals surface area contributed by atoms with Gasteiger partial charge in [0.1, 0.15) is 0 Å². The number of carbonyl (C=O) groups is 1. The second-order valence-electron chi connectivity index (χ2n) is 3.14. The monoisotopic (exact) mass is 225 g/mol. The molecule has 0 radical (unpaired) electrons. The molecule has 1 unspecified atom stereocenters. The molecule has 0 aliphatic heterocycles. The molecule has 0 aliphatic rings. The smallest absolute Gasteiger partial charge is 0.404 e. The number of nitro benzene ring substituents is 1. The third-order valence-electron chi connectivity index (χ3n) is 2.01. The highest BCUT2D eigenvalue weighted by Gasteiger charge is 2.09. The van der Waals surface area contributed by atoms with E-state index < -0.39 is 17.1 Å². The number of nitrogens with zero attached hydrogens (tertiary/aromatic N) is 1. The lowest BCUT2D eigenvalue weighted by Gasteiger charge is -2.11. The van der Waals surface area contributed by atoms with Gasteiger partial charge in [0.15, 0.2) is 0 Å². The Hall–Kier alpha value is -2.15. The van der Waals surface area contributed by atoms with Gasteiger partial charge in [-0.1, -0.05) is 12.1 Å². The molecule has 0 heterocycles. The Balaban J connectivity index is 2.66. The van der Waals surface area contributed by atoms with E-state index in [9.17, 15) is 14.9 Å². The van der Waals surface area contributed by atoms with E-state index >= 15 is 0 Å². The highest BCUT2D eigenvalue weighted by Crippen LogP contribution is 2.15. The highest BCUT2D eigenvalue weighted by atomic mass is 16.6. The number of hydrogen-bond donors (Lipinski definition) is 3. The molecule has 0 fully saturated rings. The Labute approximate surface area is 91.0 Å². The zero-order valence-electron chi connectivity index (χ0n) is 8.29. The summed E-state index contributed by atoms with van der Waals surface area (Å²) < 4.78 is 0. The SMILES string of the molecule is NC(CNC(=O)O)c1ccc([N+](=O)[O-])cc1. The number of nitro groups is 1. The van der Waals surface area contributed by atoms with Crippen LogP contribution in [-0.4, -0.2) is 22.7 Å². The van der Waals surface area contributed by atoms with Crippen LogP contribution in [0.4, 0.5) is 10.5 Å². The van der Waals surface area contributed by atoms with Crippen molar-refractivity contribution in [3.8, 4) is 0 Å². The van der Waals surface area contributed by atoms with Crippen molar-refractivity contribution in [1.29, 1.82) is 0 Å². The van der Waals surface area contributed by atoms with E-state index in [-0.39, 0.29) is 12.2 Å². The van der Waals surface area contributed by atoms with Crippen molar-refractivity contribution in [3.63, 3.8) is 0 Å². The first-order chi connectivity index (χ1) is 7.50. The summed E-state index contributed by atoms with van der Waals surface area (Å²) in [6.07, 6.45) is -1.16. The number of nitrogens with one attached hydrogen (secondary N) is 1. The minimum atomic E-state index is -1.16. The van der Waals surface area contributed by atoms with Gasteiger partial charge in [-0.2, -0.15) is 0 Å². The Morgan fingerprint density at radius 3 is 2.50 bits per heavy atom. The van der Waals surface area contributed by atoms with Crippen LogP contribution in [0.25, 0.3) is 0 Å². The molecule has 7 nitrogen and oxygen atoms in total. The van der Waals surface area contributed by atoms with Crippen molar-refractivity contribution < 1.29 is 14.8 Å². The summed E-state index contributed by atoms with van der Waals surface area (Å²) in [5, 5.41) is 20.9. The molecule has 16 heavy (non-hydrogen) atoms. The number of carboxylic acid groups (broad SMARTS) is 1. The van der Waals surface area contributed by atoms with Gasteiger partial charge in [0.2, 0.25) is 0 Å². The van der Waals surface area contributed by atoms with Gasteiger partial charge in [0.25, 0.3) is 5.69 Å². The summed E-state index contributed by atoms with van der Waals surface area (Å²) >= 11 is 0. The molecule has 1 atom stereocenters. The first kappa shape index (κ1) is 11.9. The van der Waals surface area contributed by atoms with Gasteiger partial charge in [-0.25, -0.2) is 4.79 Å². The van der Waals surface area contributed by atoms with E-state index in [2.05, 4.69) is 5.32 Å². The maximum Gasteiger partial charge on any atom is 0.404 e. The van der Waals surface area contributed by atoms with Crippen LogP contribution in [0.1, 0.15) is 11.6 Å². The third-order valence-corrected chi connectivity index (χ3v) is 2.01. The molecule has 1 amide bonds. The Kier molecular flexibility index (Phi) is 3.78. The number of amides is 1. The van der Waals surface area contributed by atoms with E-state index in [1.165, 1.54) is 24.3 Å². The lowest BCUT2D eigenvalue weighted by atomic mass is 10.1. The molecular formula is C9H11N3O4. The van der Waals surface area contributed by atoms with Crippen LogP contribution in [0.15, 0.2) is 24.3 Å². The quantitative estimate of drug-likeness (QED) is 0.518. The molecule has 0 bridgehead atoms. The van der Waals surface area contributed by atoms with Gasteiger partial charge < -0.3 is 16.2 Å². The minimum Gasteiger partial charge on any atom is -0.465 e. The number of non-ortho nitro benzene ring substituents is 1. The Morgan fingerprint density at radius 2 is 2.06 bits per heavy atom. The fourth-order valence-electron chi connectivity index (χ4n) is 1.16. The lowest BCUT2D eigenvalue weighted by molar-refractivity contribution is -0.384. The van der Waals surface area contributed by atoms with E-state index in [0.29, 0.717) is 5.56 Å². The van der Waals surface area contributed by atoms with E-state index in [1.807, 2.05) is 0 Å². The Morgan fingerprint density at radius 1 is 1.50 bits per heavy atom. The Bertz CT molecular complexity index is 390. The molecular weight excluding hydrogens is 214 g/mol. The first-order valence-corrected chi connectivity index (χ1v) is 4.47. The van der Waals surface area contributed by atoms with Gasteiger partial charge in [-0.05, 0) is 5.56 Å². The number of hydrogen-bond acceptors (Lipinski definition) is 4. The van der Waals surface area contributed by atoms with Crippen LogP contribution < -0.4 is 11.1 Å². The summed E-state index contributed by atoms with van der Waals surface area (Å²) in [4.78, 5) is 20.1. The molecule has 0 spiro atoms. The van der Waals surface area contributed by atoms with E-state index in [1.54, 1.807) is 0 Å². The van der Waals surface area contributed by atoms with Gasteiger partial charge in [0.05, 0.1) is 4.92 Å². The van der Waals surface area contributed by atoms with Crippen LogP contribution in [0.2, 0.25) is 0 Å². The number of nitrogens with two attached hydrogens (primary N) is 1. The zero-order chi connectivity index (χ0) is 12.1. The first-order valence-electron chi connectivity index (χ1n) is 4.47. The second kappa shape index (κ2) is 5.08. The minimum absolute atomic E-state index is 0.0258. The predicted octanol–water partition coefficient (Wildman–Crippen LogP) is 0.862. The number of benzene rings is 1. The molecule has 1 aromatic carbocycles. The van der Waals surface area contributed by atoms with E-state index in [4.69, 9.17) is 10.8 Å². The second-order valence-corrected chi connectivity index (χ2v) is 3.14. The van der Waals surface area contributed by atoms with Crippen LogP contribution in [0.3, 0.4) is 0 Å². The number of rotatable bonds is 4. The van der Waals surface area contributed by atoms with Crippen molar-refractivity contribution in [2.24, 2.45) is 5.73 Å². The van der Waals surface area contributed by atoms with Crippen molar-refractivity contribution in [3.05, 3.63) is 39.9 Å². The summed E-state index contributed by atoms with van der Waals surface area (Å²) in [7, 11) is 0. The van der Waals surface area contributed by atoms with Crippen LogP contribution in [0.5, 0.6) is 0 Å². The fraction of sp³-hybridized carbons (Fsp3) is 0.222. The van der Waals surface area contributed by atoms with Gasteiger partial charge in [-0.15, -0.1) is 0 Å². The largest absolute Gasteiger partial charge is 0.465 e. The summed E-state index contributed by atoms with van der Waals surface area (Å²) in [6.45, 7) is 0.0626. The standard InChI is InChI=1S/C9H11N3O4/c10-8(5-11-9(13)14)6-1-3-7(4-2-6)12(15)16/h1-4,8,11H,5,10H2,(H,13,14). The van der Waals surface area contributed by atoms with Crippen molar-refractivity contribution in [2.45, 2.75) is 6.04 Å². The van der Waals surface area contributed by atoms with Gasteiger partial charge >= 0.3 is 6.09 Å². The predicted molar refractivity (Wildman–Crippen MR) is 56.1 cm³/mol. The van der Waals surface area contributed by atoms with Crippen molar-refractivity contribution in [1.82, 2.24) is 5.32 Å². The molecule has 7 heteroatoms. The van der Waals surface area contributed by atoms with Crippen LogP contribution in [0, 0.1) is 10.1 Å². The molecule has 0 aromatic heterocycles. The fourth-order valence-corrected chi connectivity index (χ4v) is 1.16. The summed E-state index contributed by atoms with van der Waals surface area (Å²) in [6, 6.07) is 5.15. The maximum atomic E-state index is 10.4. The van der Waals surface area contributed by atoms with Gasteiger partial charge in [-0.3, -0.25) is 10.1 Å². The zero-order valence-corrected chi connectivity index (χ0v) is 8.29. The van der Waals surface area contributed by atoms with Crippen LogP contribution >= 0.6 is 0 Å². The molecule has 0 saturated heterocycles. The topological polar surface area (TPSA) is 118 Å². The molecule has 0 saturated carbocycles. The highest BCUT2D eigenvalue weighted by molar-refractivity contribution is 5.64. The lowest BCUT2D eigenvalue weighted by Crippen LogP contribution is -2.30. The summed E-state index contributed by atoms with van der Waals surface area (Å²) in [5.74, 6) is 0. The average Bonchev–Trinajstić information content (AvgIpc) is 2.26. The molecule has 4 N–H and O–H groups in total. The molecule has 1 aromatic rings. The van der Waals surface area contributed by atoms with Gasteiger partial charge in [0, 0.05) is 24.7 Å². The maximum absolute atomic E-state index is 10.4. The average molecular weight is 225 g/mol. The van der Waals surface area contributed by atoms with E-state index in [0.717, 1.165) is 0 Å². The molecule has 86 valence electrons. The molecule has 0 aliphatic carbocycles. The molecule has 1 rings (SSSR count). The summed E-state index contributed by atoms with van der Waals surface area (Å²) in [5.41, 5.74) is 6.29. The third kappa shape index (κ3) is 3.21. The van der Waals surface area contributed by atoms with Crippen LogP contribution in [-0.2, 0) is 0 Å². The normalized spacial score (nSPS) is 11.8. The van der Waals surface area contributed by atoms with Crippen molar-refractivity contribution >= 4 is 11.8 Å².